The zero-order valence-corrected chi connectivity index (χ0v) is 19.0. The first-order valence-electron chi connectivity index (χ1n) is 11.2. The standard InChI is InChI=1S/C25H22FN5O2S/c26-18-2-4-20(5-3-18)31-9-7-16-11-17(1-6-22(16)31)25(33)30-14-21(15-30)29-12-19(13-29)28-23(32)24-27-8-10-34-24/h1-11,19,21H,12-15H2,(H,28,32). The van der Waals surface area contributed by atoms with Crippen LogP contribution in [0.15, 0.2) is 66.3 Å². The number of hydrogen-bond donors (Lipinski definition) is 1. The fourth-order valence-corrected chi connectivity index (χ4v) is 5.16. The van der Waals surface area contributed by atoms with Crippen LogP contribution in [0.2, 0.25) is 0 Å². The van der Waals surface area contributed by atoms with Crippen molar-refractivity contribution in [2.75, 3.05) is 26.2 Å². The van der Waals surface area contributed by atoms with Gasteiger partial charge in [-0.25, -0.2) is 9.37 Å². The molecule has 172 valence electrons. The van der Waals surface area contributed by atoms with E-state index in [1.54, 1.807) is 23.7 Å². The van der Waals surface area contributed by atoms with Gasteiger partial charge < -0.3 is 14.8 Å². The second kappa shape index (κ2) is 8.34. The molecule has 0 atom stereocenters. The number of benzene rings is 2. The Bertz CT molecular complexity index is 1360. The van der Waals surface area contributed by atoms with Crippen LogP contribution in [-0.2, 0) is 0 Å². The van der Waals surface area contributed by atoms with Crippen LogP contribution in [0.1, 0.15) is 20.2 Å². The van der Waals surface area contributed by atoms with Crippen LogP contribution in [0.4, 0.5) is 4.39 Å². The van der Waals surface area contributed by atoms with Gasteiger partial charge >= 0.3 is 0 Å². The van der Waals surface area contributed by atoms with E-state index in [9.17, 15) is 14.0 Å². The van der Waals surface area contributed by atoms with Crippen LogP contribution in [0.25, 0.3) is 16.6 Å². The summed E-state index contributed by atoms with van der Waals surface area (Å²) in [5.74, 6) is -0.356. The van der Waals surface area contributed by atoms with Gasteiger partial charge in [0.25, 0.3) is 11.8 Å². The summed E-state index contributed by atoms with van der Waals surface area (Å²) in [6.45, 7) is 2.99. The number of nitrogens with zero attached hydrogens (tertiary/aromatic N) is 4. The number of hydrogen-bond acceptors (Lipinski definition) is 5. The van der Waals surface area contributed by atoms with Crippen molar-refractivity contribution in [3.8, 4) is 5.69 Å². The third kappa shape index (κ3) is 3.76. The summed E-state index contributed by atoms with van der Waals surface area (Å²) in [6, 6.07) is 14.5. The van der Waals surface area contributed by atoms with Gasteiger partial charge in [-0.05, 0) is 48.5 Å². The normalized spacial score (nSPS) is 16.9. The third-order valence-corrected chi connectivity index (χ3v) is 7.35. The Balaban J connectivity index is 1.04. The smallest absolute Gasteiger partial charge is 0.280 e. The van der Waals surface area contributed by atoms with E-state index in [0.29, 0.717) is 29.7 Å². The number of fused-ring (bicyclic) bond motifs is 1. The Hall–Kier alpha value is -3.56. The number of carbonyl (C=O) groups excluding carboxylic acids is 2. The van der Waals surface area contributed by atoms with Gasteiger partial charge in [0.15, 0.2) is 5.01 Å². The summed E-state index contributed by atoms with van der Waals surface area (Å²) >= 11 is 1.34. The first-order valence-corrected chi connectivity index (χ1v) is 12.0. The molecule has 6 rings (SSSR count). The van der Waals surface area contributed by atoms with Crippen LogP contribution in [0, 0.1) is 5.82 Å². The largest absolute Gasteiger partial charge is 0.345 e. The molecule has 2 aromatic heterocycles. The summed E-state index contributed by atoms with van der Waals surface area (Å²) in [5.41, 5.74) is 2.51. The average Bonchev–Trinajstić information content (AvgIpc) is 3.46. The number of amides is 2. The van der Waals surface area contributed by atoms with Crippen LogP contribution in [0.5, 0.6) is 0 Å². The Morgan fingerprint density at radius 2 is 1.82 bits per heavy atom. The van der Waals surface area contributed by atoms with E-state index in [2.05, 4.69) is 15.2 Å². The first-order chi connectivity index (χ1) is 16.5. The molecule has 2 aliphatic rings. The molecule has 9 heteroatoms. The Morgan fingerprint density at radius 1 is 1.03 bits per heavy atom. The molecular weight excluding hydrogens is 453 g/mol. The monoisotopic (exact) mass is 475 g/mol. The van der Waals surface area contributed by atoms with E-state index in [4.69, 9.17) is 0 Å². The average molecular weight is 476 g/mol. The highest BCUT2D eigenvalue weighted by Gasteiger charge is 2.41. The summed E-state index contributed by atoms with van der Waals surface area (Å²) in [7, 11) is 0. The Morgan fingerprint density at radius 3 is 2.56 bits per heavy atom. The fraction of sp³-hybridized carbons (Fsp3) is 0.240. The molecule has 0 aliphatic carbocycles. The maximum Gasteiger partial charge on any atom is 0.280 e. The molecule has 7 nitrogen and oxygen atoms in total. The number of rotatable bonds is 5. The van der Waals surface area contributed by atoms with Crippen molar-refractivity contribution in [3.05, 3.63) is 82.7 Å². The van der Waals surface area contributed by atoms with E-state index in [0.717, 1.165) is 29.7 Å². The van der Waals surface area contributed by atoms with E-state index in [-0.39, 0.29) is 23.7 Å². The second-order valence-corrected chi connectivity index (χ2v) is 9.66. The highest BCUT2D eigenvalue weighted by Crippen LogP contribution is 2.26. The van der Waals surface area contributed by atoms with Crippen LogP contribution >= 0.6 is 11.3 Å². The van der Waals surface area contributed by atoms with Crippen molar-refractivity contribution >= 4 is 34.1 Å². The van der Waals surface area contributed by atoms with Crippen LogP contribution in [-0.4, -0.2) is 69.4 Å². The molecule has 2 aliphatic heterocycles. The quantitative estimate of drug-likeness (QED) is 0.482. The molecule has 2 amide bonds. The van der Waals surface area contributed by atoms with Crippen molar-refractivity contribution in [1.29, 1.82) is 0 Å². The van der Waals surface area contributed by atoms with Gasteiger partial charge in [0.2, 0.25) is 0 Å². The molecule has 0 bridgehead atoms. The molecule has 0 spiro atoms. The van der Waals surface area contributed by atoms with Crippen molar-refractivity contribution in [1.82, 2.24) is 24.7 Å². The lowest BCUT2D eigenvalue weighted by Gasteiger charge is -2.51. The molecular formula is C25H22FN5O2S. The topological polar surface area (TPSA) is 70.5 Å². The lowest BCUT2D eigenvalue weighted by atomic mass is 9.98. The van der Waals surface area contributed by atoms with Gasteiger partial charge in [-0.3, -0.25) is 14.5 Å². The minimum Gasteiger partial charge on any atom is -0.345 e. The summed E-state index contributed by atoms with van der Waals surface area (Å²) in [4.78, 5) is 33.3. The number of halogens is 1. The maximum atomic E-state index is 13.3. The summed E-state index contributed by atoms with van der Waals surface area (Å²) in [6.07, 6.45) is 3.56. The SMILES string of the molecule is O=C(NC1CN(C2CN(C(=O)c3ccc4c(ccn4-c4ccc(F)cc4)c3)C2)C1)c1nccs1. The molecule has 2 aromatic carbocycles. The number of carbonyl (C=O) groups is 2. The highest BCUT2D eigenvalue weighted by atomic mass is 32.1. The molecule has 1 N–H and O–H groups in total. The molecule has 34 heavy (non-hydrogen) atoms. The maximum absolute atomic E-state index is 13.3. The van der Waals surface area contributed by atoms with Gasteiger partial charge in [0.05, 0.1) is 11.6 Å². The molecule has 0 saturated carbocycles. The minimum atomic E-state index is -0.268. The van der Waals surface area contributed by atoms with Crippen molar-refractivity contribution in [3.63, 3.8) is 0 Å². The van der Waals surface area contributed by atoms with Crippen LogP contribution in [0.3, 0.4) is 0 Å². The fourth-order valence-electron chi connectivity index (χ4n) is 4.62. The Labute approximate surface area is 199 Å². The van der Waals surface area contributed by atoms with Gasteiger partial charge in [0.1, 0.15) is 5.82 Å². The van der Waals surface area contributed by atoms with Crippen molar-refractivity contribution < 1.29 is 14.0 Å². The Kier molecular flexibility index (Phi) is 5.15. The predicted molar refractivity (Wildman–Crippen MR) is 128 cm³/mol. The van der Waals surface area contributed by atoms with Crippen LogP contribution < -0.4 is 5.32 Å². The van der Waals surface area contributed by atoms with Gasteiger partial charge in [0, 0.05) is 66.6 Å². The number of aromatic nitrogens is 2. The molecule has 0 unspecified atom stereocenters. The molecule has 4 heterocycles. The molecule has 0 radical (unpaired) electrons. The highest BCUT2D eigenvalue weighted by molar-refractivity contribution is 7.11. The van der Waals surface area contributed by atoms with Gasteiger partial charge in [-0.1, -0.05) is 0 Å². The first kappa shape index (κ1) is 21.0. The number of likely N-dealkylation sites (tertiary alicyclic amines) is 2. The number of nitrogens with one attached hydrogen (secondary N) is 1. The van der Waals surface area contributed by atoms with Crippen molar-refractivity contribution in [2.45, 2.75) is 12.1 Å². The number of thiazole rings is 1. The molecule has 2 saturated heterocycles. The lowest BCUT2D eigenvalue weighted by Crippen LogP contribution is -2.70. The summed E-state index contributed by atoms with van der Waals surface area (Å²) < 4.78 is 15.2. The second-order valence-electron chi connectivity index (χ2n) is 8.76. The third-order valence-electron chi connectivity index (χ3n) is 6.58. The zero-order valence-electron chi connectivity index (χ0n) is 18.2. The van der Waals surface area contributed by atoms with Gasteiger partial charge in [-0.15, -0.1) is 11.3 Å². The molecule has 2 fully saturated rings. The molecule has 4 aromatic rings. The summed E-state index contributed by atoms with van der Waals surface area (Å²) in [5, 5.41) is 6.26. The zero-order chi connectivity index (χ0) is 23.2. The minimum absolute atomic E-state index is 0.0295. The van der Waals surface area contributed by atoms with Crippen molar-refractivity contribution in [2.24, 2.45) is 0 Å². The van der Waals surface area contributed by atoms with Gasteiger partial charge in [-0.2, -0.15) is 0 Å². The van der Waals surface area contributed by atoms with E-state index >= 15 is 0 Å². The van der Waals surface area contributed by atoms with E-state index < -0.39 is 0 Å². The van der Waals surface area contributed by atoms with E-state index in [1.165, 1.54) is 23.5 Å². The predicted octanol–water partition coefficient (Wildman–Crippen LogP) is 3.16. The lowest BCUT2D eigenvalue weighted by molar-refractivity contribution is -0.00940. The van der Waals surface area contributed by atoms with E-state index in [1.807, 2.05) is 39.9 Å².